The third kappa shape index (κ3) is 8.16. The maximum Gasteiger partial charge on any atom is 0.211 e. The normalized spacial score (nSPS) is 19.5. The van der Waals surface area contributed by atoms with Crippen molar-refractivity contribution in [3.8, 4) is 0 Å². The summed E-state index contributed by atoms with van der Waals surface area (Å²) in [6, 6.07) is 10.1. The molecule has 0 spiro atoms. The molecule has 2 atom stereocenters. The van der Waals surface area contributed by atoms with E-state index in [1.54, 1.807) is 4.31 Å². The number of benzene rings is 1. The van der Waals surface area contributed by atoms with Gasteiger partial charge in [-0.15, -0.1) is 0 Å². The fourth-order valence-electron chi connectivity index (χ4n) is 3.10. The van der Waals surface area contributed by atoms with Crippen LogP contribution in [0.25, 0.3) is 0 Å². The van der Waals surface area contributed by atoms with Crippen molar-refractivity contribution in [1.82, 2.24) is 14.9 Å². The molecule has 0 radical (unpaired) electrons. The number of ether oxygens (including phenoxy) is 1. The zero-order chi connectivity index (χ0) is 20.4. The highest BCUT2D eigenvalue weighted by Gasteiger charge is 2.28. The molecule has 0 bridgehead atoms. The van der Waals surface area contributed by atoms with Crippen molar-refractivity contribution in [2.45, 2.75) is 26.9 Å². The van der Waals surface area contributed by atoms with E-state index in [-0.39, 0.29) is 0 Å². The SMILES string of the molecule is CCNC(=NCC(C)COCc1ccccc1)NCC1CCN(S(C)(=O)=O)C1. The van der Waals surface area contributed by atoms with Gasteiger partial charge in [-0.25, -0.2) is 12.7 Å². The molecule has 1 fully saturated rings. The Labute approximate surface area is 169 Å². The molecule has 0 aromatic heterocycles. The second kappa shape index (κ2) is 11.4. The molecule has 2 unspecified atom stereocenters. The van der Waals surface area contributed by atoms with E-state index in [0.29, 0.717) is 44.7 Å². The van der Waals surface area contributed by atoms with E-state index in [0.717, 1.165) is 25.5 Å². The summed E-state index contributed by atoms with van der Waals surface area (Å²) >= 11 is 0. The quantitative estimate of drug-likeness (QED) is 0.453. The smallest absolute Gasteiger partial charge is 0.211 e. The Morgan fingerprint density at radius 3 is 2.71 bits per heavy atom. The monoisotopic (exact) mass is 410 g/mol. The van der Waals surface area contributed by atoms with E-state index >= 15 is 0 Å². The Hall–Kier alpha value is -1.64. The standard InChI is InChI=1S/C20H34N4O3S/c1-4-21-20(23-13-19-10-11-24(14-19)28(3,25)26)22-12-17(2)15-27-16-18-8-6-5-7-9-18/h5-9,17,19H,4,10-16H2,1-3H3,(H2,21,22,23). The van der Waals surface area contributed by atoms with Crippen LogP contribution in [-0.4, -0.2) is 64.3 Å². The predicted molar refractivity (Wildman–Crippen MR) is 114 cm³/mol. The van der Waals surface area contributed by atoms with E-state index in [4.69, 9.17) is 4.74 Å². The van der Waals surface area contributed by atoms with Gasteiger partial charge in [0, 0.05) is 32.7 Å². The van der Waals surface area contributed by atoms with Gasteiger partial charge < -0.3 is 15.4 Å². The Kier molecular flexibility index (Phi) is 9.21. The largest absolute Gasteiger partial charge is 0.376 e. The van der Waals surface area contributed by atoms with Crippen LogP contribution in [0.4, 0.5) is 0 Å². The average Bonchev–Trinajstić information content (AvgIpc) is 3.14. The van der Waals surface area contributed by atoms with Crippen LogP contribution in [0.2, 0.25) is 0 Å². The third-order valence-electron chi connectivity index (χ3n) is 4.70. The van der Waals surface area contributed by atoms with Crippen molar-refractivity contribution in [3.63, 3.8) is 0 Å². The summed E-state index contributed by atoms with van der Waals surface area (Å²) in [4.78, 5) is 4.65. The van der Waals surface area contributed by atoms with Crippen LogP contribution in [0.3, 0.4) is 0 Å². The summed E-state index contributed by atoms with van der Waals surface area (Å²) in [5.74, 6) is 1.40. The number of sulfonamides is 1. The number of rotatable bonds is 10. The molecular formula is C20H34N4O3S. The lowest BCUT2D eigenvalue weighted by atomic mass is 10.1. The number of nitrogens with zero attached hydrogens (tertiary/aromatic N) is 2. The number of hydrogen-bond donors (Lipinski definition) is 2. The van der Waals surface area contributed by atoms with Gasteiger partial charge in [-0.05, 0) is 30.7 Å². The highest BCUT2D eigenvalue weighted by molar-refractivity contribution is 7.88. The van der Waals surface area contributed by atoms with Gasteiger partial charge in [0.05, 0.1) is 19.5 Å². The molecule has 2 rings (SSSR count). The van der Waals surface area contributed by atoms with Crippen LogP contribution in [0.1, 0.15) is 25.8 Å². The summed E-state index contributed by atoms with van der Waals surface area (Å²) in [7, 11) is -3.09. The summed E-state index contributed by atoms with van der Waals surface area (Å²) in [5.41, 5.74) is 1.17. The first-order valence-corrected chi connectivity index (χ1v) is 11.8. The lowest BCUT2D eigenvalue weighted by Crippen LogP contribution is -2.40. The van der Waals surface area contributed by atoms with Crippen LogP contribution >= 0.6 is 0 Å². The zero-order valence-electron chi connectivity index (χ0n) is 17.2. The fraction of sp³-hybridized carbons (Fsp3) is 0.650. The summed E-state index contributed by atoms with van der Waals surface area (Å²) in [6.45, 7) is 8.79. The maximum absolute atomic E-state index is 11.6. The van der Waals surface area contributed by atoms with Gasteiger partial charge in [-0.1, -0.05) is 37.3 Å². The van der Waals surface area contributed by atoms with Crippen LogP contribution in [0.5, 0.6) is 0 Å². The first-order valence-electron chi connectivity index (χ1n) is 9.97. The van der Waals surface area contributed by atoms with Gasteiger partial charge in [0.2, 0.25) is 10.0 Å². The predicted octanol–water partition coefficient (Wildman–Crippen LogP) is 1.68. The molecule has 1 heterocycles. The van der Waals surface area contributed by atoms with Crippen molar-refractivity contribution in [2.24, 2.45) is 16.8 Å². The van der Waals surface area contributed by atoms with Crippen molar-refractivity contribution in [3.05, 3.63) is 35.9 Å². The second-order valence-corrected chi connectivity index (χ2v) is 9.46. The molecule has 2 N–H and O–H groups in total. The first-order chi connectivity index (χ1) is 13.4. The van der Waals surface area contributed by atoms with Crippen molar-refractivity contribution >= 4 is 16.0 Å². The van der Waals surface area contributed by atoms with Gasteiger partial charge in [0.15, 0.2) is 5.96 Å². The summed E-state index contributed by atoms with van der Waals surface area (Å²) in [6.07, 6.45) is 2.15. The Balaban J connectivity index is 1.72. The lowest BCUT2D eigenvalue weighted by molar-refractivity contribution is 0.0945. The maximum atomic E-state index is 11.6. The van der Waals surface area contributed by atoms with Gasteiger partial charge in [0.25, 0.3) is 0 Å². The van der Waals surface area contributed by atoms with Crippen LogP contribution in [0.15, 0.2) is 35.3 Å². The molecule has 1 aliphatic rings. The zero-order valence-corrected chi connectivity index (χ0v) is 18.0. The van der Waals surface area contributed by atoms with E-state index in [1.807, 2.05) is 25.1 Å². The first kappa shape index (κ1) is 22.6. The highest BCUT2D eigenvalue weighted by atomic mass is 32.2. The molecule has 1 aromatic rings. The highest BCUT2D eigenvalue weighted by Crippen LogP contribution is 2.17. The molecule has 1 aliphatic heterocycles. The lowest BCUT2D eigenvalue weighted by Gasteiger charge is -2.17. The molecule has 8 heteroatoms. The van der Waals surface area contributed by atoms with E-state index in [9.17, 15) is 8.42 Å². The molecule has 0 amide bonds. The van der Waals surface area contributed by atoms with Crippen LogP contribution in [-0.2, 0) is 21.4 Å². The van der Waals surface area contributed by atoms with Gasteiger partial charge in [-0.2, -0.15) is 0 Å². The summed E-state index contributed by atoms with van der Waals surface area (Å²) < 4.78 is 30.6. The number of guanidine groups is 1. The molecule has 1 saturated heterocycles. The summed E-state index contributed by atoms with van der Waals surface area (Å²) in [5, 5.41) is 6.60. The minimum Gasteiger partial charge on any atom is -0.376 e. The molecule has 0 aliphatic carbocycles. The molecular weight excluding hydrogens is 376 g/mol. The second-order valence-electron chi connectivity index (χ2n) is 7.48. The Bertz CT molecular complexity index is 709. The van der Waals surface area contributed by atoms with E-state index < -0.39 is 10.0 Å². The van der Waals surface area contributed by atoms with Gasteiger partial charge in [0.1, 0.15) is 0 Å². The molecule has 1 aromatic carbocycles. The molecule has 7 nitrogen and oxygen atoms in total. The van der Waals surface area contributed by atoms with Crippen LogP contribution in [0, 0.1) is 11.8 Å². The Morgan fingerprint density at radius 2 is 2.07 bits per heavy atom. The topological polar surface area (TPSA) is 83.0 Å². The Morgan fingerprint density at radius 1 is 1.32 bits per heavy atom. The van der Waals surface area contributed by atoms with Gasteiger partial charge >= 0.3 is 0 Å². The van der Waals surface area contributed by atoms with Crippen molar-refractivity contribution < 1.29 is 13.2 Å². The minimum absolute atomic E-state index is 0.310. The minimum atomic E-state index is -3.09. The number of aliphatic imine (C=N–C) groups is 1. The van der Waals surface area contributed by atoms with Gasteiger partial charge in [-0.3, -0.25) is 4.99 Å². The fourth-order valence-corrected chi connectivity index (χ4v) is 4.02. The van der Waals surface area contributed by atoms with Crippen LogP contribution < -0.4 is 10.6 Å². The molecule has 28 heavy (non-hydrogen) atoms. The van der Waals surface area contributed by atoms with E-state index in [1.165, 1.54) is 11.8 Å². The van der Waals surface area contributed by atoms with E-state index in [2.05, 4.69) is 34.7 Å². The molecule has 158 valence electrons. The number of nitrogens with one attached hydrogen (secondary N) is 2. The van der Waals surface area contributed by atoms with Crippen molar-refractivity contribution in [1.29, 1.82) is 0 Å². The number of hydrogen-bond acceptors (Lipinski definition) is 4. The van der Waals surface area contributed by atoms with Crippen molar-refractivity contribution in [2.75, 3.05) is 45.6 Å². The average molecular weight is 411 g/mol. The molecule has 0 saturated carbocycles. The third-order valence-corrected chi connectivity index (χ3v) is 5.96.